The number of nitrogens with one attached hydrogen (secondary N) is 1. The van der Waals surface area contributed by atoms with E-state index in [4.69, 9.17) is 35.3 Å². The van der Waals surface area contributed by atoms with E-state index >= 15 is 0 Å². The van der Waals surface area contributed by atoms with Gasteiger partial charge in [0.25, 0.3) is 5.91 Å². The fourth-order valence-electron chi connectivity index (χ4n) is 2.98. The van der Waals surface area contributed by atoms with Gasteiger partial charge in [0, 0.05) is 31.4 Å². The summed E-state index contributed by atoms with van der Waals surface area (Å²) in [5.41, 5.74) is 0.290. The molecule has 0 aromatic heterocycles. The molecular weight excluding hydrogens is 589 g/mol. The van der Waals surface area contributed by atoms with Crippen molar-refractivity contribution in [2.45, 2.75) is 49.3 Å². The fourth-order valence-corrected chi connectivity index (χ4v) is 3.98. The van der Waals surface area contributed by atoms with Crippen molar-refractivity contribution in [3.8, 4) is 0 Å². The van der Waals surface area contributed by atoms with E-state index in [2.05, 4.69) is 5.32 Å². The number of amides is 1. The molecule has 186 valence electrons. The maximum absolute atomic E-state index is 12.4. The first kappa shape index (κ1) is 27.8. The lowest BCUT2D eigenvalue weighted by Gasteiger charge is -2.42. The van der Waals surface area contributed by atoms with Crippen LogP contribution in [-0.4, -0.2) is 71.5 Å². The molecule has 1 aliphatic heterocycles. The summed E-state index contributed by atoms with van der Waals surface area (Å²) in [5, 5.41) is 2.87. The molecule has 0 saturated carbocycles. The van der Waals surface area contributed by atoms with E-state index in [0.717, 1.165) is 13.8 Å². The van der Waals surface area contributed by atoms with Gasteiger partial charge >= 0.3 is 23.9 Å². The summed E-state index contributed by atoms with van der Waals surface area (Å²) in [6.45, 7) is 2.67. The first-order valence-electron chi connectivity index (χ1n) is 9.98. The average molecular weight is 612 g/mol. The summed E-state index contributed by atoms with van der Waals surface area (Å²) in [5.74, 6) is -3.33. The second-order valence-electron chi connectivity index (χ2n) is 7.12. The Bertz CT molecular complexity index is 925. The van der Waals surface area contributed by atoms with Gasteiger partial charge in [-0.3, -0.25) is 24.0 Å². The molecule has 0 radical (unpaired) electrons. The van der Waals surface area contributed by atoms with Gasteiger partial charge in [0.05, 0.1) is 0 Å². The van der Waals surface area contributed by atoms with Crippen LogP contribution in [0.25, 0.3) is 0 Å². The van der Waals surface area contributed by atoms with Gasteiger partial charge < -0.3 is 29.0 Å². The van der Waals surface area contributed by atoms with Crippen LogP contribution in [0.4, 0.5) is 0 Å². The number of alkyl halides is 1. The predicted octanol–water partition coefficient (Wildman–Crippen LogP) is 1.57. The van der Waals surface area contributed by atoms with Crippen molar-refractivity contribution in [1.29, 1.82) is 0 Å². The number of halogens is 2. The van der Waals surface area contributed by atoms with E-state index in [-0.39, 0.29) is 6.61 Å². The largest absolute Gasteiger partial charge is 0.463 e. The lowest BCUT2D eigenvalue weighted by molar-refractivity contribution is -0.254. The monoisotopic (exact) mass is 611 g/mol. The molecular formula is C21H23ClINO10. The Morgan fingerprint density at radius 1 is 0.941 bits per heavy atom. The zero-order valence-corrected chi connectivity index (χ0v) is 21.4. The SMILES string of the molecule is CC(=O)OC[C@H]1O[C@H](OC(=O)CNC(=O)c2ccc(Cl)cc2)[C@H](I)[C@@H](OC(C)=O)[C@H]1OC(C)=O. The minimum absolute atomic E-state index is 0.290. The highest BCUT2D eigenvalue weighted by molar-refractivity contribution is 14.1. The highest BCUT2D eigenvalue weighted by atomic mass is 127. The maximum Gasteiger partial charge on any atom is 0.327 e. The van der Waals surface area contributed by atoms with E-state index in [1.165, 1.54) is 31.2 Å². The first-order chi connectivity index (χ1) is 16.0. The summed E-state index contributed by atoms with van der Waals surface area (Å²) in [6.07, 6.45) is -4.55. The molecule has 0 aliphatic carbocycles. The van der Waals surface area contributed by atoms with Crippen LogP contribution in [0.15, 0.2) is 24.3 Å². The third kappa shape index (κ3) is 8.40. The zero-order valence-electron chi connectivity index (χ0n) is 18.4. The van der Waals surface area contributed by atoms with Gasteiger partial charge in [-0.2, -0.15) is 0 Å². The molecule has 13 heteroatoms. The van der Waals surface area contributed by atoms with Gasteiger partial charge in [0.2, 0.25) is 6.29 Å². The van der Waals surface area contributed by atoms with Crippen molar-refractivity contribution >= 4 is 64.0 Å². The van der Waals surface area contributed by atoms with E-state index < -0.39 is 64.9 Å². The molecule has 2 rings (SSSR count). The fraction of sp³-hybridized carbons (Fsp3) is 0.476. The molecule has 0 spiro atoms. The Labute approximate surface area is 213 Å². The standard InChI is InChI=1S/C21H23ClINO10/c1-10(25)30-9-15-18(31-11(2)26)19(32-12(3)27)17(23)21(33-15)34-16(28)8-24-20(29)13-4-6-14(22)7-5-13/h4-7,15,17-19,21H,8-9H2,1-3H3,(H,24,29)/t15-,17-,18+,19-,21-/m1/s1. The summed E-state index contributed by atoms with van der Waals surface area (Å²) in [6, 6.07) is 6.05. The summed E-state index contributed by atoms with van der Waals surface area (Å²) in [7, 11) is 0. The van der Waals surface area contributed by atoms with Gasteiger partial charge in [-0.05, 0) is 24.3 Å². The molecule has 0 unspecified atom stereocenters. The molecule has 1 aromatic rings. The molecule has 1 heterocycles. The summed E-state index contributed by atoms with van der Waals surface area (Å²) in [4.78, 5) is 59.1. The van der Waals surface area contributed by atoms with Crippen molar-refractivity contribution < 1.29 is 47.7 Å². The third-order valence-corrected chi connectivity index (χ3v) is 5.92. The number of ether oxygens (including phenoxy) is 5. The van der Waals surface area contributed by atoms with Crippen LogP contribution in [0.3, 0.4) is 0 Å². The molecule has 5 atom stereocenters. The van der Waals surface area contributed by atoms with Crippen LogP contribution in [0.1, 0.15) is 31.1 Å². The van der Waals surface area contributed by atoms with Gasteiger partial charge in [-0.1, -0.05) is 34.2 Å². The van der Waals surface area contributed by atoms with Crippen LogP contribution in [0.2, 0.25) is 5.02 Å². The summed E-state index contributed by atoms with van der Waals surface area (Å²) < 4.78 is 25.8. The second kappa shape index (κ2) is 12.9. The Kier molecular flexibility index (Phi) is 10.5. The Morgan fingerprint density at radius 2 is 1.53 bits per heavy atom. The molecule has 11 nitrogen and oxygen atoms in total. The number of hydrogen-bond donors (Lipinski definition) is 1. The summed E-state index contributed by atoms with van der Waals surface area (Å²) >= 11 is 7.63. The maximum atomic E-state index is 12.4. The predicted molar refractivity (Wildman–Crippen MR) is 124 cm³/mol. The van der Waals surface area contributed by atoms with E-state index in [0.29, 0.717) is 10.6 Å². The highest BCUT2D eigenvalue weighted by Gasteiger charge is 2.50. The molecule has 0 bridgehead atoms. The minimum atomic E-state index is -1.27. The molecule has 1 saturated heterocycles. The zero-order chi connectivity index (χ0) is 25.4. The lowest BCUT2D eigenvalue weighted by atomic mass is 10.0. The number of carbonyl (C=O) groups is 5. The average Bonchev–Trinajstić information content (AvgIpc) is 2.75. The van der Waals surface area contributed by atoms with Crippen molar-refractivity contribution in [2.75, 3.05) is 13.2 Å². The van der Waals surface area contributed by atoms with Gasteiger partial charge in [-0.15, -0.1) is 0 Å². The molecule has 1 aliphatic rings. The van der Waals surface area contributed by atoms with Gasteiger partial charge in [0.15, 0.2) is 12.2 Å². The van der Waals surface area contributed by atoms with Crippen LogP contribution < -0.4 is 5.32 Å². The minimum Gasteiger partial charge on any atom is -0.463 e. The Morgan fingerprint density at radius 3 is 2.09 bits per heavy atom. The van der Waals surface area contributed by atoms with E-state index in [9.17, 15) is 24.0 Å². The number of carbonyl (C=O) groups excluding carboxylic acids is 5. The van der Waals surface area contributed by atoms with Crippen molar-refractivity contribution in [2.24, 2.45) is 0 Å². The smallest absolute Gasteiger partial charge is 0.327 e. The normalized spacial score (nSPS) is 23.9. The lowest BCUT2D eigenvalue weighted by Crippen LogP contribution is -2.60. The van der Waals surface area contributed by atoms with Crippen LogP contribution in [0, 0.1) is 0 Å². The molecule has 1 N–H and O–H groups in total. The van der Waals surface area contributed by atoms with E-state index in [1.807, 2.05) is 22.6 Å². The first-order valence-corrected chi connectivity index (χ1v) is 11.6. The topological polar surface area (TPSA) is 144 Å². The quantitative estimate of drug-likeness (QED) is 0.199. The number of benzene rings is 1. The highest BCUT2D eigenvalue weighted by Crippen LogP contribution is 2.32. The van der Waals surface area contributed by atoms with Crippen LogP contribution in [0.5, 0.6) is 0 Å². The number of rotatable bonds is 8. The van der Waals surface area contributed by atoms with Crippen molar-refractivity contribution in [3.05, 3.63) is 34.9 Å². The number of esters is 4. The molecule has 1 aromatic carbocycles. The molecule has 1 fully saturated rings. The second-order valence-corrected chi connectivity index (χ2v) is 8.99. The van der Waals surface area contributed by atoms with Crippen LogP contribution >= 0.6 is 34.2 Å². The molecule has 1 amide bonds. The third-order valence-electron chi connectivity index (χ3n) is 4.38. The van der Waals surface area contributed by atoms with Gasteiger partial charge in [0.1, 0.15) is 23.2 Å². The Hall–Kier alpha value is -2.45. The van der Waals surface area contributed by atoms with Gasteiger partial charge in [-0.25, -0.2) is 0 Å². The molecule has 34 heavy (non-hydrogen) atoms. The van der Waals surface area contributed by atoms with Crippen molar-refractivity contribution in [3.63, 3.8) is 0 Å². The number of hydrogen-bond acceptors (Lipinski definition) is 10. The Balaban J connectivity index is 2.10. The van der Waals surface area contributed by atoms with Crippen molar-refractivity contribution in [1.82, 2.24) is 5.32 Å². The van der Waals surface area contributed by atoms with E-state index in [1.54, 1.807) is 0 Å². The van der Waals surface area contributed by atoms with Crippen LogP contribution in [-0.2, 0) is 42.9 Å².